The lowest BCUT2D eigenvalue weighted by molar-refractivity contribution is -0.116. The highest BCUT2D eigenvalue weighted by Gasteiger charge is 2.06. The molecule has 0 unspecified atom stereocenters. The van der Waals surface area contributed by atoms with Gasteiger partial charge in [0.05, 0.1) is 16.9 Å². The summed E-state index contributed by atoms with van der Waals surface area (Å²) >= 11 is 5.68. The lowest BCUT2D eigenvalue weighted by Gasteiger charge is -2.03. The monoisotopic (exact) mass is 281 g/mol. The first-order valence-electron chi connectivity index (χ1n) is 5.77. The van der Waals surface area contributed by atoms with Gasteiger partial charge in [-0.3, -0.25) is 9.48 Å². The Labute approximate surface area is 115 Å². The maximum Gasteiger partial charge on any atom is 0.224 e. The molecule has 0 radical (unpaired) electrons. The van der Waals surface area contributed by atoms with E-state index in [1.165, 1.54) is 12.1 Å². The molecule has 1 N–H and O–H groups in total. The number of benzene rings is 1. The summed E-state index contributed by atoms with van der Waals surface area (Å²) in [7, 11) is 1.77. The van der Waals surface area contributed by atoms with Gasteiger partial charge in [0, 0.05) is 19.7 Å². The summed E-state index contributed by atoms with van der Waals surface area (Å²) in [6.07, 6.45) is 4.10. The van der Waals surface area contributed by atoms with E-state index in [4.69, 9.17) is 11.6 Å². The molecule has 100 valence electrons. The van der Waals surface area contributed by atoms with Gasteiger partial charge in [-0.15, -0.1) is 0 Å². The van der Waals surface area contributed by atoms with E-state index in [9.17, 15) is 9.18 Å². The van der Waals surface area contributed by atoms with E-state index in [1.807, 2.05) is 0 Å². The van der Waals surface area contributed by atoms with E-state index in [0.717, 1.165) is 5.56 Å². The van der Waals surface area contributed by atoms with Crippen molar-refractivity contribution in [2.45, 2.75) is 12.8 Å². The lowest BCUT2D eigenvalue weighted by Crippen LogP contribution is -2.11. The normalized spacial score (nSPS) is 10.5. The van der Waals surface area contributed by atoms with Crippen LogP contribution in [0.25, 0.3) is 0 Å². The van der Waals surface area contributed by atoms with E-state index in [1.54, 1.807) is 30.2 Å². The number of halogens is 2. The lowest BCUT2D eigenvalue weighted by atomic mass is 10.1. The molecule has 1 aromatic heterocycles. The van der Waals surface area contributed by atoms with Crippen molar-refractivity contribution in [3.63, 3.8) is 0 Å². The average Bonchev–Trinajstić information content (AvgIpc) is 2.76. The number of anilines is 1. The molecular formula is C13H13ClFN3O. The first kappa shape index (κ1) is 13.5. The standard InChI is InChI=1S/C13H13ClFN3O/c1-18-8-10(7-16-18)17-13(19)5-3-9-2-4-12(15)11(14)6-9/h2,4,6-8H,3,5H2,1H3,(H,17,19). The van der Waals surface area contributed by atoms with Crippen LogP contribution in [-0.4, -0.2) is 15.7 Å². The Hall–Kier alpha value is -1.88. The third-order valence-electron chi connectivity index (χ3n) is 2.61. The number of hydrogen-bond donors (Lipinski definition) is 1. The average molecular weight is 282 g/mol. The number of carbonyl (C=O) groups excluding carboxylic acids is 1. The molecule has 1 aromatic carbocycles. The van der Waals surface area contributed by atoms with Crippen molar-refractivity contribution in [3.8, 4) is 0 Å². The van der Waals surface area contributed by atoms with Crippen molar-refractivity contribution in [2.24, 2.45) is 7.05 Å². The minimum absolute atomic E-state index is 0.0742. The molecule has 1 amide bonds. The molecule has 0 atom stereocenters. The molecule has 2 rings (SSSR count). The van der Waals surface area contributed by atoms with Gasteiger partial charge in [0.15, 0.2) is 0 Å². The molecule has 6 heteroatoms. The maximum atomic E-state index is 13.0. The highest BCUT2D eigenvalue weighted by molar-refractivity contribution is 6.30. The van der Waals surface area contributed by atoms with E-state index in [-0.39, 0.29) is 10.9 Å². The highest BCUT2D eigenvalue weighted by Crippen LogP contribution is 2.17. The van der Waals surface area contributed by atoms with Crippen LogP contribution in [0.3, 0.4) is 0 Å². The van der Waals surface area contributed by atoms with Crippen molar-refractivity contribution in [1.82, 2.24) is 9.78 Å². The molecule has 0 aliphatic rings. The van der Waals surface area contributed by atoms with Gasteiger partial charge < -0.3 is 5.32 Å². The maximum absolute atomic E-state index is 13.0. The molecule has 1 heterocycles. The topological polar surface area (TPSA) is 46.9 Å². The number of amides is 1. The molecule has 2 aromatic rings. The third-order valence-corrected chi connectivity index (χ3v) is 2.90. The predicted molar refractivity (Wildman–Crippen MR) is 71.6 cm³/mol. The smallest absolute Gasteiger partial charge is 0.224 e. The minimum atomic E-state index is -0.453. The summed E-state index contributed by atoms with van der Waals surface area (Å²) in [6.45, 7) is 0. The second-order valence-corrected chi connectivity index (χ2v) is 4.61. The van der Waals surface area contributed by atoms with Gasteiger partial charge in [0.25, 0.3) is 0 Å². The Balaban J connectivity index is 1.88. The number of aromatic nitrogens is 2. The summed E-state index contributed by atoms with van der Waals surface area (Å²) in [5, 5.41) is 6.76. The fourth-order valence-corrected chi connectivity index (χ4v) is 1.87. The van der Waals surface area contributed by atoms with E-state index in [0.29, 0.717) is 18.5 Å². The quantitative estimate of drug-likeness (QED) is 0.937. The minimum Gasteiger partial charge on any atom is -0.323 e. The Bertz CT molecular complexity index is 597. The van der Waals surface area contributed by atoms with E-state index in [2.05, 4.69) is 10.4 Å². The van der Waals surface area contributed by atoms with Gasteiger partial charge in [0.1, 0.15) is 5.82 Å². The number of rotatable bonds is 4. The SMILES string of the molecule is Cn1cc(NC(=O)CCc2ccc(F)c(Cl)c2)cn1. The van der Waals surface area contributed by atoms with Crippen LogP contribution in [0.15, 0.2) is 30.6 Å². The van der Waals surface area contributed by atoms with Crippen LogP contribution in [0, 0.1) is 5.82 Å². The molecule has 0 aliphatic carbocycles. The molecule has 0 saturated carbocycles. The number of carbonyl (C=O) groups is 1. The summed E-state index contributed by atoms with van der Waals surface area (Å²) < 4.78 is 14.6. The van der Waals surface area contributed by atoms with Crippen LogP contribution in [-0.2, 0) is 18.3 Å². The Morgan fingerprint density at radius 2 is 2.32 bits per heavy atom. The van der Waals surface area contributed by atoms with Crippen molar-refractivity contribution < 1.29 is 9.18 Å². The van der Waals surface area contributed by atoms with Crippen molar-refractivity contribution in [2.75, 3.05) is 5.32 Å². The fraction of sp³-hybridized carbons (Fsp3) is 0.231. The predicted octanol–water partition coefficient (Wildman–Crippen LogP) is 2.78. The van der Waals surface area contributed by atoms with Crippen molar-refractivity contribution >= 4 is 23.2 Å². The van der Waals surface area contributed by atoms with Crippen LogP contribution in [0.2, 0.25) is 5.02 Å². The van der Waals surface area contributed by atoms with Crippen LogP contribution in [0.1, 0.15) is 12.0 Å². The molecule has 0 saturated heterocycles. The first-order valence-corrected chi connectivity index (χ1v) is 6.15. The van der Waals surface area contributed by atoms with E-state index < -0.39 is 5.82 Å². The van der Waals surface area contributed by atoms with Crippen LogP contribution < -0.4 is 5.32 Å². The van der Waals surface area contributed by atoms with Crippen molar-refractivity contribution in [3.05, 3.63) is 47.0 Å². The molecule has 0 spiro atoms. The van der Waals surface area contributed by atoms with Gasteiger partial charge in [0.2, 0.25) is 5.91 Å². The van der Waals surface area contributed by atoms with Crippen molar-refractivity contribution in [1.29, 1.82) is 0 Å². The molecule has 0 fully saturated rings. The van der Waals surface area contributed by atoms with Gasteiger partial charge in [-0.1, -0.05) is 17.7 Å². The number of aryl methyl sites for hydroxylation is 2. The summed E-state index contributed by atoms with van der Waals surface area (Å²) in [4.78, 5) is 11.7. The van der Waals surface area contributed by atoms with Crippen LogP contribution in [0.5, 0.6) is 0 Å². The van der Waals surface area contributed by atoms with Gasteiger partial charge >= 0.3 is 0 Å². The first-order chi connectivity index (χ1) is 9.04. The molecule has 0 aliphatic heterocycles. The second kappa shape index (κ2) is 5.84. The summed E-state index contributed by atoms with van der Waals surface area (Å²) in [5.41, 5.74) is 1.48. The van der Waals surface area contributed by atoms with Gasteiger partial charge in [-0.05, 0) is 24.1 Å². The molecule has 0 bridgehead atoms. The second-order valence-electron chi connectivity index (χ2n) is 4.20. The zero-order valence-corrected chi connectivity index (χ0v) is 11.1. The number of nitrogens with zero attached hydrogens (tertiary/aromatic N) is 2. The fourth-order valence-electron chi connectivity index (χ4n) is 1.66. The summed E-state index contributed by atoms with van der Waals surface area (Å²) in [6, 6.07) is 4.46. The Kier molecular flexibility index (Phi) is 4.16. The van der Waals surface area contributed by atoms with E-state index >= 15 is 0 Å². The molecule has 4 nitrogen and oxygen atoms in total. The Morgan fingerprint density at radius 3 is 2.95 bits per heavy atom. The Morgan fingerprint density at radius 1 is 1.53 bits per heavy atom. The molecule has 19 heavy (non-hydrogen) atoms. The summed E-state index contributed by atoms with van der Waals surface area (Å²) in [5.74, 6) is -0.571. The zero-order chi connectivity index (χ0) is 13.8. The molecular weight excluding hydrogens is 269 g/mol. The van der Waals surface area contributed by atoms with Gasteiger partial charge in [-0.2, -0.15) is 5.10 Å². The largest absolute Gasteiger partial charge is 0.323 e. The number of nitrogens with one attached hydrogen (secondary N) is 1. The number of hydrogen-bond acceptors (Lipinski definition) is 2. The van der Waals surface area contributed by atoms with Gasteiger partial charge in [-0.25, -0.2) is 4.39 Å². The highest BCUT2D eigenvalue weighted by atomic mass is 35.5. The zero-order valence-electron chi connectivity index (χ0n) is 10.4. The van der Waals surface area contributed by atoms with Crippen LogP contribution in [0.4, 0.5) is 10.1 Å². The third kappa shape index (κ3) is 3.79. The van der Waals surface area contributed by atoms with Crippen LogP contribution >= 0.6 is 11.6 Å².